The van der Waals surface area contributed by atoms with Crippen molar-refractivity contribution in [1.82, 2.24) is 10.6 Å². The number of carbonyl (C=O) groups is 3. The Labute approximate surface area is 218 Å². The van der Waals surface area contributed by atoms with Crippen molar-refractivity contribution in [3.05, 3.63) is 60.1 Å². The number of Topliss-reactive ketones (excluding diaryl/α,β-unsaturated/α-hetero) is 1. The zero-order valence-corrected chi connectivity index (χ0v) is 22.1. The number of carbonyl (C=O) groups excluding carboxylic acids is 3. The maximum atomic E-state index is 13.2. The highest BCUT2D eigenvalue weighted by molar-refractivity contribution is 7.99. The number of rotatable bonds is 17. The number of benzene rings is 1. The number of amides is 2. The lowest BCUT2D eigenvalue weighted by atomic mass is 10.0. The van der Waals surface area contributed by atoms with E-state index in [0.717, 1.165) is 24.2 Å². The van der Waals surface area contributed by atoms with E-state index < -0.39 is 18.2 Å². The molecule has 0 spiro atoms. The van der Waals surface area contributed by atoms with E-state index in [-0.39, 0.29) is 30.1 Å². The molecule has 2 aromatic rings. The van der Waals surface area contributed by atoms with Crippen molar-refractivity contribution < 1.29 is 23.5 Å². The summed E-state index contributed by atoms with van der Waals surface area (Å²) in [4.78, 5) is 38.6. The first-order valence-electron chi connectivity index (χ1n) is 12.5. The third-order valence-electron chi connectivity index (χ3n) is 5.59. The van der Waals surface area contributed by atoms with E-state index in [0.29, 0.717) is 31.4 Å². The molecule has 4 N–H and O–H groups in total. The van der Waals surface area contributed by atoms with Crippen LogP contribution in [0.3, 0.4) is 0 Å². The average molecular weight is 518 g/mol. The normalized spacial score (nSPS) is 13.4. The molecular formula is C27H39N3O5S. The number of thioether (sulfide) groups is 1. The van der Waals surface area contributed by atoms with E-state index in [2.05, 4.69) is 10.6 Å². The van der Waals surface area contributed by atoms with Gasteiger partial charge in [-0.25, -0.2) is 4.79 Å². The molecule has 36 heavy (non-hydrogen) atoms. The Kier molecular flexibility index (Phi) is 13.8. The zero-order chi connectivity index (χ0) is 26.2. The lowest BCUT2D eigenvalue weighted by Gasteiger charge is -2.23. The lowest BCUT2D eigenvalue weighted by molar-refractivity contribution is -0.128. The van der Waals surface area contributed by atoms with Crippen LogP contribution in [0.15, 0.2) is 53.1 Å². The topological polar surface area (TPSA) is 124 Å². The molecule has 198 valence electrons. The quantitative estimate of drug-likeness (QED) is 0.281. The molecule has 1 aromatic heterocycles. The van der Waals surface area contributed by atoms with Gasteiger partial charge in [-0.3, -0.25) is 9.59 Å². The van der Waals surface area contributed by atoms with Gasteiger partial charge in [0.25, 0.3) is 0 Å². The maximum Gasteiger partial charge on any atom is 0.408 e. The smallest absolute Gasteiger partial charge is 0.408 e. The summed E-state index contributed by atoms with van der Waals surface area (Å²) >= 11 is 1.45. The molecule has 0 aliphatic heterocycles. The van der Waals surface area contributed by atoms with Crippen molar-refractivity contribution in [1.29, 1.82) is 0 Å². The number of ether oxygens (including phenoxy) is 1. The van der Waals surface area contributed by atoms with Crippen molar-refractivity contribution in [3.8, 4) is 0 Å². The van der Waals surface area contributed by atoms with Crippen LogP contribution in [0.5, 0.6) is 0 Å². The summed E-state index contributed by atoms with van der Waals surface area (Å²) in [5.41, 5.74) is 6.71. The number of nitrogens with two attached hydrogens (primary N) is 1. The van der Waals surface area contributed by atoms with Gasteiger partial charge in [-0.05, 0) is 50.3 Å². The molecule has 0 bridgehead atoms. The molecule has 9 heteroatoms. The third kappa shape index (κ3) is 11.8. The van der Waals surface area contributed by atoms with Crippen LogP contribution in [-0.4, -0.2) is 41.7 Å². The summed E-state index contributed by atoms with van der Waals surface area (Å²) in [5.74, 6) is 1.21. The van der Waals surface area contributed by atoms with Gasteiger partial charge in [0, 0.05) is 6.04 Å². The van der Waals surface area contributed by atoms with Crippen LogP contribution in [0, 0.1) is 0 Å². The van der Waals surface area contributed by atoms with E-state index in [1.54, 1.807) is 6.26 Å². The van der Waals surface area contributed by atoms with Gasteiger partial charge in [-0.15, -0.1) is 11.8 Å². The second kappa shape index (κ2) is 16.8. The molecule has 0 fully saturated rings. The van der Waals surface area contributed by atoms with Crippen LogP contribution in [0.1, 0.15) is 63.7 Å². The molecule has 3 atom stereocenters. The summed E-state index contributed by atoms with van der Waals surface area (Å²) in [6, 6.07) is 11.6. The molecule has 0 saturated heterocycles. The Morgan fingerprint density at radius 3 is 2.42 bits per heavy atom. The Hall–Kier alpha value is -2.78. The summed E-state index contributed by atoms with van der Waals surface area (Å²) in [7, 11) is 0. The summed E-state index contributed by atoms with van der Waals surface area (Å²) in [6.45, 7) is 4.04. The zero-order valence-electron chi connectivity index (χ0n) is 21.2. The fourth-order valence-corrected chi connectivity index (χ4v) is 4.43. The van der Waals surface area contributed by atoms with E-state index in [9.17, 15) is 14.4 Å². The van der Waals surface area contributed by atoms with Gasteiger partial charge in [0.1, 0.15) is 18.4 Å². The van der Waals surface area contributed by atoms with Gasteiger partial charge in [-0.2, -0.15) is 0 Å². The number of nitrogens with one attached hydrogen (secondary N) is 2. The molecule has 3 unspecified atom stereocenters. The van der Waals surface area contributed by atoms with E-state index in [1.165, 1.54) is 11.8 Å². The number of ketones is 1. The van der Waals surface area contributed by atoms with Crippen molar-refractivity contribution in [2.75, 3.05) is 5.75 Å². The molecule has 1 aromatic carbocycles. The highest BCUT2D eigenvalue weighted by Gasteiger charge is 2.27. The highest BCUT2D eigenvalue weighted by Crippen LogP contribution is 2.15. The van der Waals surface area contributed by atoms with Gasteiger partial charge in [-0.1, -0.05) is 50.1 Å². The second-order valence-electron chi connectivity index (χ2n) is 8.91. The number of hydrogen-bond donors (Lipinski definition) is 3. The Morgan fingerprint density at radius 2 is 1.75 bits per heavy atom. The van der Waals surface area contributed by atoms with Crippen LogP contribution in [0.2, 0.25) is 0 Å². The second-order valence-corrected chi connectivity index (χ2v) is 9.89. The summed E-state index contributed by atoms with van der Waals surface area (Å²) < 4.78 is 10.6. The van der Waals surface area contributed by atoms with E-state index in [1.807, 2.05) is 56.3 Å². The minimum absolute atomic E-state index is 0.0104. The van der Waals surface area contributed by atoms with Gasteiger partial charge >= 0.3 is 6.09 Å². The van der Waals surface area contributed by atoms with Gasteiger partial charge < -0.3 is 25.5 Å². The van der Waals surface area contributed by atoms with Gasteiger partial charge in [0.05, 0.1) is 23.8 Å². The fourth-order valence-electron chi connectivity index (χ4n) is 3.56. The predicted octanol–water partition coefficient (Wildman–Crippen LogP) is 4.57. The minimum Gasteiger partial charge on any atom is -0.468 e. The molecule has 2 rings (SSSR count). The van der Waals surface area contributed by atoms with Crippen molar-refractivity contribution >= 4 is 29.5 Å². The molecule has 2 amide bonds. The van der Waals surface area contributed by atoms with Crippen molar-refractivity contribution in [2.45, 2.75) is 82.9 Å². The number of alkyl carbamates (subject to hydrolysis) is 1. The SMILES string of the molecule is CCCCC(NC(=O)C(CCCC(C)N)NC(=O)OCc1ccccc1)C(=O)CSCc1ccco1. The Balaban J connectivity index is 1.96. The van der Waals surface area contributed by atoms with Crippen LogP contribution in [-0.2, 0) is 26.7 Å². The van der Waals surface area contributed by atoms with E-state index >= 15 is 0 Å². The predicted molar refractivity (Wildman–Crippen MR) is 142 cm³/mol. The van der Waals surface area contributed by atoms with Crippen LogP contribution in [0.4, 0.5) is 4.79 Å². The fraction of sp³-hybridized carbons (Fsp3) is 0.519. The number of hydrogen-bond acceptors (Lipinski definition) is 7. The Bertz CT molecular complexity index is 905. The van der Waals surface area contributed by atoms with Crippen molar-refractivity contribution in [3.63, 3.8) is 0 Å². The van der Waals surface area contributed by atoms with Crippen LogP contribution < -0.4 is 16.4 Å². The van der Waals surface area contributed by atoms with E-state index in [4.69, 9.17) is 14.9 Å². The molecule has 0 aliphatic carbocycles. The first kappa shape index (κ1) is 29.5. The van der Waals surface area contributed by atoms with Gasteiger partial charge in [0.15, 0.2) is 5.78 Å². The summed E-state index contributed by atoms with van der Waals surface area (Å²) in [6.07, 6.45) is 4.95. The Morgan fingerprint density at radius 1 is 1.00 bits per heavy atom. The largest absolute Gasteiger partial charge is 0.468 e. The molecule has 8 nitrogen and oxygen atoms in total. The molecule has 0 saturated carbocycles. The molecule has 0 radical (unpaired) electrons. The molecular weight excluding hydrogens is 478 g/mol. The molecule has 0 aliphatic rings. The first-order chi connectivity index (χ1) is 17.4. The maximum absolute atomic E-state index is 13.2. The lowest BCUT2D eigenvalue weighted by Crippen LogP contribution is -2.52. The van der Waals surface area contributed by atoms with Crippen LogP contribution in [0.25, 0.3) is 0 Å². The van der Waals surface area contributed by atoms with Crippen LogP contribution >= 0.6 is 11.8 Å². The highest BCUT2D eigenvalue weighted by atomic mass is 32.2. The average Bonchev–Trinajstić information content (AvgIpc) is 3.38. The van der Waals surface area contributed by atoms with Crippen molar-refractivity contribution in [2.24, 2.45) is 5.73 Å². The van der Waals surface area contributed by atoms with Gasteiger partial charge in [0.2, 0.25) is 5.91 Å². The molecule has 1 heterocycles. The standard InChI is InChI=1S/C27H39N3O5S/c1-3-4-14-23(25(31)19-36-18-22-13-9-16-34-22)29-26(32)24(15-8-10-20(2)28)30-27(33)35-17-21-11-6-5-7-12-21/h5-7,9,11-13,16,20,23-24H,3-4,8,10,14-15,17-19,28H2,1-2H3,(H,29,32)(H,30,33). The number of unbranched alkanes of at least 4 members (excludes halogenated alkanes) is 1. The first-order valence-corrected chi connectivity index (χ1v) is 13.7. The third-order valence-corrected chi connectivity index (χ3v) is 6.57. The summed E-state index contributed by atoms with van der Waals surface area (Å²) in [5, 5.41) is 5.57. The number of furan rings is 1. The minimum atomic E-state index is -0.820. The monoisotopic (exact) mass is 517 g/mol.